The van der Waals surface area contributed by atoms with Crippen LogP contribution in [0.3, 0.4) is 0 Å². The Morgan fingerprint density at radius 3 is 2.90 bits per heavy atom. The van der Waals surface area contributed by atoms with Crippen molar-refractivity contribution in [2.24, 2.45) is 5.41 Å². The first-order chi connectivity index (χ1) is 9.67. The molecule has 3 nitrogen and oxygen atoms in total. The first-order valence-corrected chi connectivity index (χ1v) is 8.86. The van der Waals surface area contributed by atoms with Crippen LogP contribution >= 0.6 is 11.8 Å². The number of anilines is 2. The Bertz CT molecular complexity index is 455. The van der Waals surface area contributed by atoms with Gasteiger partial charge in [-0.05, 0) is 42.6 Å². The van der Waals surface area contributed by atoms with Crippen LogP contribution in [0.4, 0.5) is 11.5 Å². The molecule has 1 N–H and O–H groups in total. The number of aromatic nitrogens is 1. The molecule has 20 heavy (non-hydrogen) atoms. The monoisotopic (exact) mass is 291 g/mol. The van der Waals surface area contributed by atoms with E-state index in [9.17, 15) is 0 Å². The second-order valence-corrected chi connectivity index (χ2v) is 7.73. The second-order valence-electron chi connectivity index (χ2n) is 6.58. The fraction of sp³-hybridized carbons (Fsp3) is 0.688. The average Bonchev–Trinajstić information content (AvgIpc) is 2.95. The number of thioether (sulfide) groups is 1. The molecule has 1 unspecified atom stereocenters. The Hall–Kier alpha value is -0.900. The highest BCUT2D eigenvalue weighted by atomic mass is 32.2. The van der Waals surface area contributed by atoms with E-state index in [-0.39, 0.29) is 0 Å². The molecule has 1 aromatic rings. The van der Waals surface area contributed by atoms with Crippen LogP contribution in [0.1, 0.15) is 33.1 Å². The van der Waals surface area contributed by atoms with E-state index < -0.39 is 0 Å². The minimum atomic E-state index is 0.364. The summed E-state index contributed by atoms with van der Waals surface area (Å²) >= 11 is 2.07. The Balaban J connectivity index is 1.79. The lowest BCUT2D eigenvalue weighted by Crippen LogP contribution is -2.42. The normalized spacial score (nSPS) is 25.7. The Labute approximate surface area is 126 Å². The molecule has 0 aliphatic carbocycles. The smallest absolute Gasteiger partial charge is 0.151 e. The van der Waals surface area contributed by atoms with Crippen LogP contribution < -0.4 is 10.2 Å². The van der Waals surface area contributed by atoms with Gasteiger partial charge >= 0.3 is 0 Å². The van der Waals surface area contributed by atoms with Gasteiger partial charge in [0.2, 0.25) is 0 Å². The van der Waals surface area contributed by atoms with E-state index in [1.54, 1.807) is 0 Å². The van der Waals surface area contributed by atoms with Crippen molar-refractivity contribution in [1.82, 2.24) is 4.98 Å². The Morgan fingerprint density at radius 1 is 1.35 bits per heavy atom. The van der Waals surface area contributed by atoms with Crippen molar-refractivity contribution in [3.05, 3.63) is 18.3 Å². The molecule has 0 bridgehead atoms. The lowest BCUT2D eigenvalue weighted by Gasteiger charge is -2.39. The second kappa shape index (κ2) is 5.84. The molecule has 2 fully saturated rings. The maximum Gasteiger partial charge on any atom is 0.151 e. The van der Waals surface area contributed by atoms with Gasteiger partial charge in [0.25, 0.3) is 0 Å². The minimum Gasteiger partial charge on any atom is -0.378 e. The molecule has 2 aliphatic rings. The summed E-state index contributed by atoms with van der Waals surface area (Å²) in [5.41, 5.74) is 1.58. The van der Waals surface area contributed by atoms with Crippen LogP contribution in [0, 0.1) is 5.41 Å². The molecule has 110 valence electrons. The van der Waals surface area contributed by atoms with Crippen LogP contribution in [0.15, 0.2) is 18.3 Å². The number of hydrogen-bond acceptors (Lipinski definition) is 4. The van der Waals surface area contributed by atoms with Crippen molar-refractivity contribution >= 4 is 23.3 Å². The third kappa shape index (κ3) is 2.90. The number of hydrogen-bond donors (Lipinski definition) is 1. The van der Waals surface area contributed by atoms with Crippen LogP contribution in [-0.2, 0) is 0 Å². The lowest BCUT2D eigenvalue weighted by atomic mass is 9.82. The van der Waals surface area contributed by atoms with E-state index in [1.807, 2.05) is 12.3 Å². The van der Waals surface area contributed by atoms with Gasteiger partial charge in [-0.1, -0.05) is 13.8 Å². The van der Waals surface area contributed by atoms with Gasteiger partial charge in [0.1, 0.15) is 0 Å². The Kier molecular flexibility index (Phi) is 4.11. The van der Waals surface area contributed by atoms with E-state index in [0.29, 0.717) is 11.5 Å². The lowest BCUT2D eigenvalue weighted by molar-refractivity contribution is 0.305. The van der Waals surface area contributed by atoms with Crippen molar-refractivity contribution in [3.63, 3.8) is 0 Å². The van der Waals surface area contributed by atoms with Gasteiger partial charge in [-0.3, -0.25) is 0 Å². The number of nitrogens with zero attached hydrogens (tertiary/aromatic N) is 2. The van der Waals surface area contributed by atoms with Gasteiger partial charge < -0.3 is 10.2 Å². The van der Waals surface area contributed by atoms with Crippen molar-refractivity contribution in [3.8, 4) is 0 Å². The van der Waals surface area contributed by atoms with Gasteiger partial charge in [-0.15, -0.1) is 0 Å². The molecule has 2 saturated heterocycles. The Morgan fingerprint density at radius 2 is 2.15 bits per heavy atom. The molecule has 0 aromatic carbocycles. The molecular weight excluding hydrogens is 266 g/mol. The molecule has 3 rings (SSSR count). The highest BCUT2D eigenvalue weighted by Gasteiger charge is 2.33. The first-order valence-electron chi connectivity index (χ1n) is 7.71. The predicted octanol–water partition coefficient (Wildman–Crippen LogP) is 3.63. The summed E-state index contributed by atoms with van der Waals surface area (Å²) in [6.07, 6.45) is 5.79. The largest absolute Gasteiger partial charge is 0.378 e. The SMILES string of the molecule is CC1(C)CCSCC1Nc1cccnc1N1CCCC1. The molecule has 0 radical (unpaired) electrons. The zero-order chi connectivity index (χ0) is 14.0. The average molecular weight is 291 g/mol. The summed E-state index contributed by atoms with van der Waals surface area (Å²) in [4.78, 5) is 7.05. The van der Waals surface area contributed by atoms with E-state index in [0.717, 1.165) is 18.9 Å². The number of pyridine rings is 1. The van der Waals surface area contributed by atoms with E-state index >= 15 is 0 Å². The summed E-state index contributed by atoms with van der Waals surface area (Å²) in [5.74, 6) is 3.63. The van der Waals surface area contributed by atoms with Gasteiger partial charge in [-0.2, -0.15) is 11.8 Å². The molecule has 0 amide bonds. The molecule has 3 heterocycles. The van der Waals surface area contributed by atoms with Crippen LogP contribution in [0.5, 0.6) is 0 Å². The van der Waals surface area contributed by atoms with Gasteiger partial charge in [0.05, 0.1) is 5.69 Å². The standard InChI is InChI=1S/C16H25N3S/c1-16(2)7-11-20-12-14(16)18-13-6-5-8-17-15(13)19-9-3-4-10-19/h5-6,8,14,18H,3-4,7,9-12H2,1-2H3. The summed E-state index contributed by atoms with van der Waals surface area (Å²) in [6.45, 7) is 7.07. The van der Waals surface area contributed by atoms with Crippen molar-refractivity contribution in [1.29, 1.82) is 0 Å². The van der Waals surface area contributed by atoms with Crippen molar-refractivity contribution in [2.45, 2.75) is 39.2 Å². The van der Waals surface area contributed by atoms with Gasteiger partial charge in [0, 0.05) is 31.1 Å². The summed E-state index contributed by atoms with van der Waals surface area (Å²) < 4.78 is 0. The molecule has 0 saturated carbocycles. The topological polar surface area (TPSA) is 28.2 Å². The third-order valence-corrected chi connectivity index (χ3v) is 5.70. The van der Waals surface area contributed by atoms with Gasteiger partial charge in [0.15, 0.2) is 5.82 Å². The first kappa shape index (κ1) is 14.1. The van der Waals surface area contributed by atoms with Crippen LogP contribution in [0.25, 0.3) is 0 Å². The maximum atomic E-state index is 4.63. The number of nitrogens with one attached hydrogen (secondary N) is 1. The highest BCUT2D eigenvalue weighted by molar-refractivity contribution is 7.99. The molecule has 1 aromatic heterocycles. The quantitative estimate of drug-likeness (QED) is 0.920. The van der Waals surface area contributed by atoms with E-state index in [1.165, 1.54) is 36.5 Å². The fourth-order valence-corrected chi connectivity index (χ4v) is 4.66. The van der Waals surface area contributed by atoms with Crippen molar-refractivity contribution in [2.75, 3.05) is 34.8 Å². The number of rotatable bonds is 3. The van der Waals surface area contributed by atoms with E-state index in [4.69, 9.17) is 0 Å². The third-order valence-electron chi connectivity index (χ3n) is 4.64. The molecular formula is C16H25N3S. The molecule has 0 spiro atoms. The zero-order valence-corrected chi connectivity index (χ0v) is 13.4. The van der Waals surface area contributed by atoms with E-state index in [2.05, 4.69) is 46.9 Å². The molecule has 1 atom stereocenters. The van der Waals surface area contributed by atoms with Crippen molar-refractivity contribution < 1.29 is 0 Å². The molecule has 2 aliphatic heterocycles. The fourth-order valence-electron chi connectivity index (χ4n) is 3.05. The summed E-state index contributed by atoms with van der Waals surface area (Å²) in [5, 5.41) is 3.79. The van der Waals surface area contributed by atoms with Crippen LogP contribution in [-0.4, -0.2) is 35.6 Å². The highest BCUT2D eigenvalue weighted by Crippen LogP contribution is 2.37. The van der Waals surface area contributed by atoms with Gasteiger partial charge in [-0.25, -0.2) is 4.98 Å². The summed E-state index contributed by atoms with van der Waals surface area (Å²) in [6, 6.07) is 4.77. The maximum absolute atomic E-state index is 4.63. The minimum absolute atomic E-state index is 0.364. The predicted molar refractivity (Wildman–Crippen MR) is 88.8 cm³/mol. The molecule has 4 heteroatoms. The summed E-state index contributed by atoms with van der Waals surface area (Å²) in [7, 11) is 0. The zero-order valence-electron chi connectivity index (χ0n) is 12.6. The van der Waals surface area contributed by atoms with Crippen LogP contribution in [0.2, 0.25) is 0 Å².